The molecule has 2 aromatic carbocycles. The van der Waals surface area contributed by atoms with Gasteiger partial charge in [-0.1, -0.05) is 37.6 Å². The normalized spacial score (nSPS) is 24.8. The number of fused-ring (bicyclic) bond motifs is 2. The van der Waals surface area contributed by atoms with Crippen LogP contribution in [0.4, 0.5) is 8.78 Å². The molecule has 2 bridgehead atoms. The molecule has 2 saturated heterocycles. The summed E-state index contributed by atoms with van der Waals surface area (Å²) >= 11 is 0. The Balaban J connectivity index is 1.52. The van der Waals surface area contributed by atoms with Gasteiger partial charge in [0, 0.05) is 18.1 Å². The highest BCUT2D eigenvalue weighted by Gasteiger charge is 2.40. The van der Waals surface area contributed by atoms with Gasteiger partial charge in [0.15, 0.2) is 0 Å². The molecule has 2 aromatic rings. The van der Waals surface area contributed by atoms with Gasteiger partial charge < -0.3 is 5.32 Å². The Morgan fingerprint density at radius 1 is 0.893 bits per heavy atom. The quantitative estimate of drug-likeness (QED) is 0.684. The van der Waals surface area contributed by atoms with Crippen molar-refractivity contribution in [3.63, 3.8) is 0 Å². The second-order valence-corrected chi connectivity index (χ2v) is 8.35. The van der Waals surface area contributed by atoms with Gasteiger partial charge in [-0.05, 0) is 74.0 Å². The number of halogens is 2. The monoisotopic (exact) mass is 384 g/mol. The third-order valence-electron chi connectivity index (χ3n) is 6.46. The maximum Gasteiger partial charge on any atom is 0.123 e. The molecule has 1 N–H and O–H groups in total. The Hall–Kier alpha value is -1.78. The van der Waals surface area contributed by atoms with Crippen LogP contribution in [0.5, 0.6) is 0 Å². The molecule has 0 saturated carbocycles. The van der Waals surface area contributed by atoms with Gasteiger partial charge in [0.05, 0.1) is 6.04 Å². The lowest BCUT2D eigenvalue weighted by Crippen LogP contribution is -2.50. The van der Waals surface area contributed by atoms with E-state index in [1.54, 1.807) is 0 Å². The summed E-state index contributed by atoms with van der Waals surface area (Å²) in [5, 5.41) is 3.83. The van der Waals surface area contributed by atoms with Gasteiger partial charge in [-0.25, -0.2) is 8.78 Å². The van der Waals surface area contributed by atoms with E-state index in [0.717, 1.165) is 24.0 Å². The molecule has 2 fully saturated rings. The first-order chi connectivity index (χ1) is 13.6. The summed E-state index contributed by atoms with van der Waals surface area (Å²) in [4.78, 5) is 2.73. The Labute approximate surface area is 166 Å². The van der Waals surface area contributed by atoms with Crippen molar-refractivity contribution in [2.24, 2.45) is 0 Å². The summed E-state index contributed by atoms with van der Waals surface area (Å²) in [5.74, 6) is -0.465. The predicted molar refractivity (Wildman–Crippen MR) is 109 cm³/mol. The van der Waals surface area contributed by atoms with Gasteiger partial charge in [-0.2, -0.15) is 0 Å². The lowest BCUT2D eigenvalue weighted by molar-refractivity contribution is 0.112. The van der Waals surface area contributed by atoms with E-state index in [0.29, 0.717) is 18.1 Å². The molecule has 0 aliphatic carbocycles. The van der Waals surface area contributed by atoms with Crippen LogP contribution in [0.2, 0.25) is 0 Å². The first-order valence-electron chi connectivity index (χ1n) is 10.7. The summed E-state index contributed by atoms with van der Waals surface area (Å²) in [6, 6.07) is 15.1. The van der Waals surface area contributed by atoms with Gasteiger partial charge >= 0.3 is 0 Å². The Bertz CT molecular complexity index is 700. The molecular weight excluding hydrogens is 354 g/mol. The van der Waals surface area contributed by atoms with E-state index >= 15 is 0 Å². The number of benzene rings is 2. The SMILES string of the molecule is CCCCN1[C@@H]2CC[C@H]1CC(NC(c1ccc(F)cc1)c1ccc(F)cc1)C2. The van der Waals surface area contributed by atoms with E-state index in [2.05, 4.69) is 17.1 Å². The number of nitrogens with zero attached hydrogens (tertiary/aromatic N) is 1. The van der Waals surface area contributed by atoms with Crippen molar-refractivity contribution >= 4 is 0 Å². The number of piperidine rings is 1. The van der Waals surface area contributed by atoms with Crippen LogP contribution in [-0.2, 0) is 0 Å². The van der Waals surface area contributed by atoms with E-state index in [9.17, 15) is 8.78 Å². The van der Waals surface area contributed by atoms with Crippen molar-refractivity contribution in [2.45, 2.75) is 69.6 Å². The minimum absolute atomic E-state index is 0.0483. The summed E-state index contributed by atoms with van der Waals surface area (Å²) in [6.07, 6.45) is 7.42. The first-order valence-corrected chi connectivity index (χ1v) is 10.7. The largest absolute Gasteiger partial charge is 0.303 e. The molecule has 0 radical (unpaired) electrons. The average Bonchev–Trinajstić information content (AvgIpc) is 2.94. The zero-order valence-electron chi connectivity index (χ0n) is 16.6. The van der Waals surface area contributed by atoms with Crippen molar-refractivity contribution in [3.8, 4) is 0 Å². The molecule has 0 spiro atoms. The number of hydrogen-bond acceptors (Lipinski definition) is 2. The lowest BCUT2D eigenvalue weighted by atomic mass is 9.92. The Kier molecular flexibility index (Phi) is 6.07. The number of hydrogen-bond donors (Lipinski definition) is 1. The topological polar surface area (TPSA) is 15.3 Å². The van der Waals surface area contributed by atoms with E-state index in [4.69, 9.17) is 0 Å². The minimum Gasteiger partial charge on any atom is -0.303 e. The highest BCUT2D eigenvalue weighted by Crippen LogP contribution is 2.37. The van der Waals surface area contributed by atoms with Crippen molar-refractivity contribution < 1.29 is 8.78 Å². The molecule has 4 heteroatoms. The van der Waals surface area contributed by atoms with Crippen molar-refractivity contribution in [2.75, 3.05) is 6.54 Å². The zero-order chi connectivity index (χ0) is 19.5. The van der Waals surface area contributed by atoms with E-state index in [1.807, 2.05) is 24.3 Å². The second-order valence-electron chi connectivity index (χ2n) is 8.35. The van der Waals surface area contributed by atoms with Gasteiger partial charge in [0.2, 0.25) is 0 Å². The van der Waals surface area contributed by atoms with Crippen LogP contribution in [0.1, 0.15) is 62.6 Å². The Morgan fingerprint density at radius 3 is 1.86 bits per heavy atom. The standard InChI is InChI=1S/C24H30F2N2/c1-2-3-14-28-22-12-13-23(28)16-21(15-22)27-24(17-4-8-19(25)9-5-17)18-6-10-20(26)11-7-18/h4-11,21-24,27H,2-3,12-16H2,1H3/t21?,22-,23+. The first kappa shape index (κ1) is 19.5. The maximum atomic E-state index is 13.4. The highest BCUT2D eigenvalue weighted by molar-refractivity contribution is 5.32. The lowest BCUT2D eigenvalue weighted by Gasteiger charge is -2.40. The molecule has 2 heterocycles. The third-order valence-corrected chi connectivity index (χ3v) is 6.46. The molecule has 2 aliphatic heterocycles. The fraction of sp³-hybridized carbons (Fsp3) is 0.500. The van der Waals surface area contributed by atoms with Crippen LogP contribution in [0, 0.1) is 11.6 Å². The summed E-state index contributed by atoms with van der Waals surface area (Å²) in [6.45, 7) is 3.48. The van der Waals surface area contributed by atoms with Crippen LogP contribution in [-0.4, -0.2) is 29.6 Å². The molecule has 4 rings (SSSR count). The summed E-state index contributed by atoms with van der Waals surface area (Å²) < 4.78 is 26.9. The van der Waals surface area contributed by atoms with Crippen LogP contribution in [0.25, 0.3) is 0 Å². The molecule has 28 heavy (non-hydrogen) atoms. The van der Waals surface area contributed by atoms with Crippen LogP contribution in [0.15, 0.2) is 48.5 Å². The molecule has 0 aromatic heterocycles. The van der Waals surface area contributed by atoms with Crippen molar-refractivity contribution in [1.82, 2.24) is 10.2 Å². The Morgan fingerprint density at radius 2 is 1.39 bits per heavy atom. The summed E-state index contributed by atoms with van der Waals surface area (Å²) in [5.41, 5.74) is 2.04. The van der Waals surface area contributed by atoms with Crippen LogP contribution >= 0.6 is 0 Å². The zero-order valence-corrected chi connectivity index (χ0v) is 16.6. The van der Waals surface area contributed by atoms with E-state index < -0.39 is 0 Å². The van der Waals surface area contributed by atoms with Crippen LogP contribution in [0.3, 0.4) is 0 Å². The maximum absolute atomic E-state index is 13.4. The minimum atomic E-state index is -0.233. The third kappa shape index (κ3) is 4.28. The fourth-order valence-corrected chi connectivity index (χ4v) is 5.05. The molecular formula is C24H30F2N2. The predicted octanol–water partition coefficient (Wildman–Crippen LogP) is 5.44. The summed E-state index contributed by atoms with van der Waals surface area (Å²) in [7, 11) is 0. The number of unbranched alkanes of at least 4 members (excludes halogenated alkanes) is 1. The fourth-order valence-electron chi connectivity index (χ4n) is 5.05. The molecule has 2 nitrogen and oxygen atoms in total. The van der Waals surface area contributed by atoms with Gasteiger partial charge in [0.25, 0.3) is 0 Å². The van der Waals surface area contributed by atoms with Gasteiger partial charge in [-0.3, -0.25) is 4.90 Å². The molecule has 2 aliphatic rings. The molecule has 150 valence electrons. The number of rotatable bonds is 7. The van der Waals surface area contributed by atoms with Crippen molar-refractivity contribution in [1.29, 1.82) is 0 Å². The van der Waals surface area contributed by atoms with Crippen LogP contribution < -0.4 is 5.32 Å². The van der Waals surface area contributed by atoms with E-state index in [-0.39, 0.29) is 17.7 Å². The van der Waals surface area contributed by atoms with Crippen molar-refractivity contribution in [3.05, 3.63) is 71.3 Å². The highest BCUT2D eigenvalue weighted by atomic mass is 19.1. The van der Waals surface area contributed by atoms with Gasteiger partial charge in [-0.15, -0.1) is 0 Å². The van der Waals surface area contributed by atoms with E-state index in [1.165, 1.54) is 56.5 Å². The second kappa shape index (κ2) is 8.71. The molecule has 0 amide bonds. The van der Waals surface area contributed by atoms with Gasteiger partial charge in [0.1, 0.15) is 11.6 Å². The molecule has 3 atom stereocenters. The smallest absolute Gasteiger partial charge is 0.123 e. The number of nitrogens with one attached hydrogen (secondary N) is 1. The average molecular weight is 385 g/mol. The molecule has 1 unspecified atom stereocenters.